The first-order chi connectivity index (χ1) is 16.9. The molecule has 184 valence electrons. The first-order valence-corrected chi connectivity index (χ1v) is 11.7. The van der Waals surface area contributed by atoms with Crippen molar-refractivity contribution < 1.29 is 33.7 Å². The van der Waals surface area contributed by atoms with E-state index in [1.807, 2.05) is 36.4 Å². The summed E-state index contributed by atoms with van der Waals surface area (Å²) in [7, 11) is 0. The van der Waals surface area contributed by atoms with Gasteiger partial charge in [0, 0.05) is 12.5 Å². The van der Waals surface area contributed by atoms with E-state index in [4.69, 9.17) is 14.2 Å². The number of amides is 2. The van der Waals surface area contributed by atoms with E-state index in [1.54, 1.807) is 6.92 Å². The van der Waals surface area contributed by atoms with Gasteiger partial charge in [-0.15, -0.1) is 0 Å². The molecule has 5 rings (SSSR count). The molecule has 2 N–H and O–H groups in total. The van der Waals surface area contributed by atoms with E-state index in [9.17, 15) is 19.5 Å². The Bertz CT molecular complexity index is 1110. The van der Waals surface area contributed by atoms with Gasteiger partial charge in [0.1, 0.15) is 6.61 Å². The van der Waals surface area contributed by atoms with E-state index in [0.717, 1.165) is 22.3 Å². The number of nitrogens with zero attached hydrogens (tertiary/aromatic N) is 1. The second kappa shape index (κ2) is 9.31. The first kappa shape index (κ1) is 23.3. The Morgan fingerprint density at radius 2 is 1.71 bits per heavy atom. The smallest absolute Gasteiger partial charge is 0.407 e. The molecule has 2 fully saturated rings. The molecule has 2 aromatic rings. The fourth-order valence-electron chi connectivity index (χ4n) is 5.25. The molecule has 3 atom stereocenters. The molecular weight excluding hydrogens is 452 g/mol. The van der Waals surface area contributed by atoms with Crippen LogP contribution >= 0.6 is 0 Å². The van der Waals surface area contributed by atoms with Crippen molar-refractivity contribution in [1.82, 2.24) is 10.2 Å². The zero-order valence-electron chi connectivity index (χ0n) is 19.4. The average Bonchev–Trinajstić information content (AvgIpc) is 3.40. The van der Waals surface area contributed by atoms with Crippen molar-refractivity contribution in [3.05, 3.63) is 59.7 Å². The third-order valence-electron chi connectivity index (χ3n) is 7.25. The van der Waals surface area contributed by atoms with Crippen LogP contribution in [0.1, 0.15) is 24.0 Å². The SMILES string of the molecule is CC1(C(=O)N2CCOCC2C(=O)O)COCC1NC(=O)OCC1c2ccccc2-c2ccccc21. The van der Waals surface area contributed by atoms with Crippen molar-refractivity contribution in [3.8, 4) is 11.1 Å². The lowest BCUT2D eigenvalue weighted by Crippen LogP contribution is -2.60. The molecular formula is C26H28N2O7. The minimum atomic E-state index is -1.12. The highest BCUT2D eigenvalue weighted by molar-refractivity contribution is 5.89. The summed E-state index contributed by atoms with van der Waals surface area (Å²) in [5.41, 5.74) is 3.38. The lowest BCUT2D eigenvalue weighted by Gasteiger charge is -2.39. The van der Waals surface area contributed by atoms with E-state index in [0.29, 0.717) is 0 Å². The van der Waals surface area contributed by atoms with Gasteiger partial charge in [0.2, 0.25) is 5.91 Å². The lowest BCUT2D eigenvalue weighted by atomic mass is 9.83. The number of nitrogens with one attached hydrogen (secondary N) is 1. The number of hydrogen-bond acceptors (Lipinski definition) is 6. The maximum atomic E-state index is 13.4. The number of benzene rings is 2. The van der Waals surface area contributed by atoms with Crippen molar-refractivity contribution in [2.75, 3.05) is 39.6 Å². The number of aliphatic carboxylic acids is 1. The molecule has 2 aromatic carbocycles. The molecule has 35 heavy (non-hydrogen) atoms. The van der Waals surface area contributed by atoms with Crippen molar-refractivity contribution in [1.29, 1.82) is 0 Å². The van der Waals surface area contributed by atoms with Gasteiger partial charge in [-0.3, -0.25) is 4.79 Å². The van der Waals surface area contributed by atoms with E-state index < -0.39 is 29.6 Å². The molecule has 1 aliphatic carbocycles. The number of hydrogen-bond donors (Lipinski definition) is 2. The fourth-order valence-corrected chi connectivity index (χ4v) is 5.25. The quantitative estimate of drug-likeness (QED) is 0.675. The summed E-state index contributed by atoms with van der Waals surface area (Å²) >= 11 is 0. The van der Waals surface area contributed by atoms with E-state index in [1.165, 1.54) is 4.90 Å². The standard InChI is InChI=1S/C26H28N2O7/c1-26(24(31)28-10-11-33-13-21(28)23(29)30)15-34-14-22(26)27-25(32)35-12-20-18-8-4-2-6-16(18)17-7-3-5-9-19(17)20/h2-9,20-22H,10-15H2,1H3,(H,27,32)(H,29,30). The number of rotatable bonds is 5. The Labute approximate surface area is 203 Å². The first-order valence-electron chi connectivity index (χ1n) is 11.7. The van der Waals surface area contributed by atoms with Gasteiger partial charge in [-0.2, -0.15) is 0 Å². The molecule has 0 aromatic heterocycles. The van der Waals surface area contributed by atoms with E-state index in [2.05, 4.69) is 17.4 Å². The fraction of sp³-hybridized carbons (Fsp3) is 0.423. The Morgan fingerprint density at radius 1 is 1.06 bits per heavy atom. The van der Waals surface area contributed by atoms with Crippen molar-refractivity contribution in [2.24, 2.45) is 5.41 Å². The topological polar surface area (TPSA) is 114 Å². The second-order valence-electron chi connectivity index (χ2n) is 9.38. The van der Waals surface area contributed by atoms with Gasteiger partial charge in [-0.1, -0.05) is 48.5 Å². The van der Waals surface area contributed by atoms with Gasteiger partial charge in [0.15, 0.2) is 6.04 Å². The van der Waals surface area contributed by atoms with Gasteiger partial charge in [-0.05, 0) is 29.2 Å². The van der Waals surface area contributed by atoms with Crippen molar-refractivity contribution >= 4 is 18.0 Å². The van der Waals surface area contributed by atoms with Gasteiger partial charge < -0.3 is 29.5 Å². The van der Waals surface area contributed by atoms with Gasteiger partial charge in [0.25, 0.3) is 0 Å². The van der Waals surface area contributed by atoms with Crippen LogP contribution in [0.4, 0.5) is 4.79 Å². The lowest BCUT2D eigenvalue weighted by molar-refractivity contribution is -0.163. The van der Waals surface area contributed by atoms with Crippen LogP contribution < -0.4 is 5.32 Å². The highest BCUT2D eigenvalue weighted by Crippen LogP contribution is 2.44. The summed E-state index contributed by atoms with van der Waals surface area (Å²) in [5.74, 6) is -1.58. The molecule has 0 bridgehead atoms. The summed E-state index contributed by atoms with van der Waals surface area (Å²) in [5, 5.41) is 12.3. The second-order valence-corrected chi connectivity index (χ2v) is 9.38. The summed E-state index contributed by atoms with van der Waals surface area (Å²) in [6.45, 7) is 2.41. The molecule has 2 amide bonds. The van der Waals surface area contributed by atoms with Crippen LogP contribution in [0.5, 0.6) is 0 Å². The molecule has 3 aliphatic rings. The van der Waals surface area contributed by atoms with Crippen LogP contribution in [-0.4, -0.2) is 79.6 Å². The number of ether oxygens (including phenoxy) is 3. The minimum Gasteiger partial charge on any atom is -0.480 e. The maximum Gasteiger partial charge on any atom is 0.407 e. The molecule has 2 saturated heterocycles. The molecule has 9 heteroatoms. The molecule has 0 saturated carbocycles. The van der Waals surface area contributed by atoms with Crippen LogP contribution in [0.25, 0.3) is 11.1 Å². The van der Waals surface area contributed by atoms with Gasteiger partial charge in [-0.25, -0.2) is 9.59 Å². The van der Waals surface area contributed by atoms with E-state index in [-0.39, 0.29) is 51.4 Å². The molecule has 0 radical (unpaired) electrons. The largest absolute Gasteiger partial charge is 0.480 e. The number of morpholine rings is 1. The predicted octanol–water partition coefficient (Wildman–Crippen LogP) is 2.24. The van der Waals surface area contributed by atoms with Crippen molar-refractivity contribution in [3.63, 3.8) is 0 Å². The number of carbonyl (C=O) groups excluding carboxylic acids is 2. The van der Waals surface area contributed by atoms with Crippen LogP contribution in [0, 0.1) is 5.41 Å². The van der Waals surface area contributed by atoms with Crippen LogP contribution in [0.15, 0.2) is 48.5 Å². The van der Waals surface area contributed by atoms with Gasteiger partial charge >= 0.3 is 12.1 Å². The van der Waals surface area contributed by atoms with Crippen LogP contribution in [0.2, 0.25) is 0 Å². The number of fused-ring (bicyclic) bond motifs is 3. The number of carbonyl (C=O) groups is 3. The predicted molar refractivity (Wildman–Crippen MR) is 125 cm³/mol. The third-order valence-corrected chi connectivity index (χ3v) is 7.25. The summed E-state index contributed by atoms with van der Waals surface area (Å²) in [6, 6.07) is 14.4. The monoisotopic (exact) mass is 480 g/mol. The summed E-state index contributed by atoms with van der Waals surface area (Å²) in [6.07, 6.45) is -0.641. The Balaban J connectivity index is 1.26. The number of carboxylic acid groups (broad SMARTS) is 1. The summed E-state index contributed by atoms with van der Waals surface area (Å²) in [4.78, 5) is 39.2. The van der Waals surface area contributed by atoms with Crippen LogP contribution in [-0.2, 0) is 23.8 Å². The zero-order chi connectivity index (χ0) is 24.6. The third kappa shape index (κ3) is 4.15. The van der Waals surface area contributed by atoms with Crippen LogP contribution in [0.3, 0.4) is 0 Å². The summed E-state index contributed by atoms with van der Waals surface area (Å²) < 4.78 is 16.4. The molecule has 0 spiro atoms. The molecule has 2 aliphatic heterocycles. The average molecular weight is 481 g/mol. The molecule has 9 nitrogen and oxygen atoms in total. The van der Waals surface area contributed by atoms with Gasteiger partial charge in [0.05, 0.1) is 37.9 Å². The number of alkyl carbamates (subject to hydrolysis) is 1. The normalized spacial score (nSPS) is 25.6. The minimum absolute atomic E-state index is 0.0670. The highest BCUT2D eigenvalue weighted by atomic mass is 16.6. The Morgan fingerprint density at radius 3 is 2.37 bits per heavy atom. The highest BCUT2D eigenvalue weighted by Gasteiger charge is 2.51. The van der Waals surface area contributed by atoms with E-state index >= 15 is 0 Å². The molecule has 2 heterocycles. The molecule has 3 unspecified atom stereocenters. The van der Waals surface area contributed by atoms with Crippen molar-refractivity contribution in [2.45, 2.75) is 24.9 Å². The Kier molecular flexibility index (Phi) is 6.21. The Hall–Kier alpha value is -3.43. The zero-order valence-corrected chi connectivity index (χ0v) is 19.4. The number of carboxylic acids is 1. The maximum absolute atomic E-state index is 13.4.